The number of rotatable bonds is 3. The normalized spacial score (nSPS) is 16.1. The zero-order valence-electron chi connectivity index (χ0n) is 10.1. The Morgan fingerprint density at radius 1 is 1.42 bits per heavy atom. The van der Waals surface area contributed by atoms with E-state index in [1.54, 1.807) is 0 Å². The molecule has 0 bridgehead atoms. The number of hydrogen-bond donors (Lipinski definition) is 1. The third kappa shape index (κ3) is 3.25. The summed E-state index contributed by atoms with van der Waals surface area (Å²) < 4.78 is 18.6. The number of amides is 1. The van der Waals surface area contributed by atoms with Crippen LogP contribution in [-0.4, -0.2) is 24.0 Å². The minimum absolute atomic E-state index is 0.161. The van der Waals surface area contributed by atoms with Gasteiger partial charge in [0.2, 0.25) is 5.91 Å². The Hall–Kier alpha value is -2.02. The number of benzene rings is 1. The maximum atomic E-state index is 13.5. The predicted octanol–water partition coefficient (Wildman–Crippen LogP) is 2.10. The SMILES string of the molecule is O=C(Nc1cc([N+](=O)[O-])ccc1F)C1CCOCC1. The molecule has 6 nitrogen and oxygen atoms in total. The summed E-state index contributed by atoms with van der Waals surface area (Å²) in [5.41, 5.74) is -0.422. The summed E-state index contributed by atoms with van der Waals surface area (Å²) in [6, 6.07) is 3.05. The molecule has 1 aromatic carbocycles. The largest absolute Gasteiger partial charge is 0.381 e. The van der Waals surface area contributed by atoms with Gasteiger partial charge >= 0.3 is 0 Å². The first-order chi connectivity index (χ1) is 9.08. The highest BCUT2D eigenvalue weighted by Crippen LogP contribution is 2.23. The van der Waals surface area contributed by atoms with E-state index in [2.05, 4.69) is 5.32 Å². The molecule has 0 radical (unpaired) electrons. The number of carbonyl (C=O) groups is 1. The first-order valence-electron chi connectivity index (χ1n) is 5.90. The van der Waals surface area contributed by atoms with Crippen LogP contribution in [0.3, 0.4) is 0 Å². The summed E-state index contributed by atoms with van der Waals surface area (Å²) in [7, 11) is 0. The van der Waals surface area contributed by atoms with Crippen LogP contribution in [0.5, 0.6) is 0 Å². The summed E-state index contributed by atoms with van der Waals surface area (Å²) in [6.07, 6.45) is 1.14. The standard InChI is InChI=1S/C12H13FN2O4/c13-10-2-1-9(15(17)18)7-11(10)14-12(16)8-3-5-19-6-4-8/h1-2,7-8H,3-6H2,(H,14,16). The zero-order chi connectivity index (χ0) is 13.8. The van der Waals surface area contributed by atoms with Crippen molar-refractivity contribution < 1.29 is 18.8 Å². The fourth-order valence-electron chi connectivity index (χ4n) is 1.92. The molecule has 1 heterocycles. The minimum atomic E-state index is -0.689. The van der Waals surface area contributed by atoms with Crippen molar-refractivity contribution in [1.82, 2.24) is 0 Å². The van der Waals surface area contributed by atoms with Gasteiger partial charge in [0.05, 0.1) is 10.6 Å². The Labute approximate surface area is 108 Å². The molecule has 0 spiro atoms. The van der Waals surface area contributed by atoms with Crippen LogP contribution >= 0.6 is 0 Å². The highest BCUT2D eigenvalue weighted by Gasteiger charge is 2.23. The molecule has 1 aromatic rings. The van der Waals surface area contributed by atoms with Crippen LogP contribution in [0.1, 0.15) is 12.8 Å². The molecule has 2 rings (SSSR count). The third-order valence-corrected chi connectivity index (χ3v) is 3.01. The van der Waals surface area contributed by atoms with E-state index in [0.29, 0.717) is 26.1 Å². The van der Waals surface area contributed by atoms with Crippen molar-refractivity contribution in [2.75, 3.05) is 18.5 Å². The van der Waals surface area contributed by atoms with E-state index in [1.165, 1.54) is 0 Å². The van der Waals surface area contributed by atoms with Crippen molar-refractivity contribution in [3.05, 3.63) is 34.1 Å². The van der Waals surface area contributed by atoms with Crippen molar-refractivity contribution in [1.29, 1.82) is 0 Å². The van der Waals surface area contributed by atoms with Crippen LogP contribution in [0.15, 0.2) is 18.2 Å². The molecule has 0 unspecified atom stereocenters. The second-order valence-electron chi connectivity index (χ2n) is 4.30. The van der Waals surface area contributed by atoms with E-state index in [1.807, 2.05) is 0 Å². The van der Waals surface area contributed by atoms with Crippen LogP contribution in [0, 0.1) is 21.8 Å². The van der Waals surface area contributed by atoms with Gasteiger partial charge in [-0.05, 0) is 18.9 Å². The molecular weight excluding hydrogens is 255 g/mol. The smallest absolute Gasteiger partial charge is 0.271 e. The number of carbonyl (C=O) groups excluding carboxylic acids is 1. The van der Waals surface area contributed by atoms with Gasteiger partial charge in [0.1, 0.15) is 5.82 Å². The molecular formula is C12H13FN2O4. The first kappa shape index (κ1) is 13.4. The number of hydrogen-bond acceptors (Lipinski definition) is 4. The molecule has 102 valence electrons. The number of nitro benzene ring substituents is 1. The average Bonchev–Trinajstić information content (AvgIpc) is 2.42. The van der Waals surface area contributed by atoms with Crippen LogP contribution in [0.25, 0.3) is 0 Å². The second kappa shape index (κ2) is 5.75. The van der Waals surface area contributed by atoms with E-state index < -0.39 is 10.7 Å². The molecule has 0 atom stereocenters. The monoisotopic (exact) mass is 268 g/mol. The summed E-state index contributed by atoms with van der Waals surface area (Å²) in [4.78, 5) is 21.9. The summed E-state index contributed by atoms with van der Waals surface area (Å²) >= 11 is 0. The first-order valence-corrected chi connectivity index (χ1v) is 5.90. The summed E-state index contributed by atoms with van der Waals surface area (Å²) in [5.74, 6) is -1.26. The van der Waals surface area contributed by atoms with Crippen molar-refractivity contribution in [2.24, 2.45) is 5.92 Å². The van der Waals surface area contributed by atoms with Gasteiger partial charge < -0.3 is 10.1 Å². The number of nitro groups is 1. The number of halogens is 1. The van der Waals surface area contributed by atoms with E-state index in [4.69, 9.17) is 4.74 Å². The van der Waals surface area contributed by atoms with E-state index in [9.17, 15) is 19.3 Å². The van der Waals surface area contributed by atoms with E-state index in [-0.39, 0.29) is 23.2 Å². The van der Waals surface area contributed by atoms with Crippen molar-refractivity contribution in [3.8, 4) is 0 Å². The maximum Gasteiger partial charge on any atom is 0.271 e. The molecule has 1 fully saturated rings. The quantitative estimate of drug-likeness (QED) is 0.672. The van der Waals surface area contributed by atoms with Crippen LogP contribution in [-0.2, 0) is 9.53 Å². The molecule has 1 saturated heterocycles. The van der Waals surface area contributed by atoms with Gasteiger partial charge in [-0.15, -0.1) is 0 Å². The van der Waals surface area contributed by atoms with Gasteiger partial charge in [-0.25, -0.2) is 4.39 Å². The summed E-state index contributed by atoms with van der Waals surface area (Å²) in [5, 5.41) is 13.0. The van der Waals surface area contributed by atoms with Crippen LogP contribution in [0.4, 0.5) is 15.8 Å². The lowest BCUT2D eigenvalue weighted by Gasteiger charge is -2.21. The molecule has 0 aromatic heterocycles. The van der Waals surface area contributed by atoms with Gasteiger partial charge in [0, 0.05) is 31.3 Å². The molecule has 7 heteroatoms. The molecule has 1 aliphatic heterocycles. The number of ether oxygens (including phenoxy) is 1. The third-order valence-electron chi connectivity index (χ3n) is 3.01. The van der Waals surface area contributed by atoms with Crippen LogP contribution in [0.2, 0.25) is 0 Å². The number of nitrogens with zero attached hydrogens (tertiary/aromatic N) is 1. The fraction of sp³-hybridized carbons (Fsp3) is 0.417. The highest BCUT2D eigenvalue weighted by atomic mass is 19.1. The Bertz CT molecular complexity index is 501. The average molecular weight is 268 g/mol. The lowest BCUT2D eigenvalue weighted by molar-refractivity contribution is -0.384. The lowest BCUT2D eigenvalue weighted by Crippen LogP contribution is -2.28. The van der Waals surface area contributed by atoms with Gasteiger partial charge in [0.25, 0.3) is 5.69 Å². The Balaban J connectivity index is 2.11. The molecule has 1 N–H and O–H groups in total. The molecule has 0 aliphatic carbocycles. The second-order valence-corrected chi connectivity index (χ2v) is 4.30. The highest BCUT2D eigenvalue weighted by molar-refractivity contribution is 5.93. The summed E-state index contributed by atoms with van der Waals surface area (Å²) in [6.45, 7) is 0.991. The molecule has 19 heavy (non-hydrogen) atoms. The zero-order valence-corrected chi connectivity index (χ0v) is 10.1. The number of anilines is 1. The molecule has 0 saturated carbocycles. The van der Waals surface area contributed by atoms with E-state index >= 15 is 0 Å². The minimum Gasteiger partial charge on any atom is -0.381 e. The van der Waals surface area contributed by atoms with Gasteiger partial charge in [-0.3, -0.25) is 14.9 Å². The maximum absolute atomic E-state index is 13.5. The fourth-order valence-corrected chi connectivity index (χ4v) is 1.92. The Morgan fingerprint density at radius 2 is 2.11 bits per heavy atom. The van der Waals surface area contributed by atoms with Gasteiger partial charge in [-0.1, -0.05) is 0 Å². The van der Waals surface area contributed by atoms with Crippen molar-refractivity contribution >= 4 is 17.3 Å². The van der Waals surface area contributed by atoms with E-state index in [0.717, 1.165) is 18.2 Å². The molecule has 1 aliphatic rings. The van der Waals surface area contributed by atoms with Crippen LogP contribution < -0.4 is 5.32 Å². The molecule has 1 amide bonds. The van der Waals surface area contributed by atoms with Crippen molar-refractivity contribution in [2.45, 2.75) is 12.8 Å². The topological polar surface area (TPSA) is 81.5 Å². The number of non-ortho nitro benzene ring substituents is 1. The van der Waals surface area contributed by atoms with Crippen molar-refractivity contribution in [3.63, 3.8) is 0 Å². The number of nitrogens with one attached hydrogen (secondary N) is 1. The Morgan fingerprint density at radius 3 is 2.74 bits per heavy atom. The van der Waals surface area contributed by atoms with Gasteiger partial charge in [0.15, 0.2) is 0 Å². The lowest BCUT2D eigenvalue weighted by atomic mass is 9.99. The predicted molar refractivity (Wildman–Crippen MR) is 65.2 cm³/mol. The Kier molecular flexibility index (Phi) is 4.06. The van der Waals surface area contributed by atoms with Gasteiger partial charge in [-0.2, -0.15) is 0 Å².